The first-order chi connectivity index (χ1) is 60.9. The van der Waals surface area contributed by atoms with E-state index in [-0.39, 0.29) is 54.3 Å². The number of hydrogen-bond acceptors (Lipinski definition) is 17. The third-order valence-electron chi connectivity index (χ3n) is 21.3. The van der Waals surface area contributed by atoms with E-state index in [1.54, 1.807) is 34.6 Å². The van der Waals surface area contributed by atoms with Crippen LogP contribution >= 0.6 is 0 Å². The van der Waals surface area contributed by atoms with Crippen LogP contribution in [0.1, 0.15) is 311 Å². The molecule has 17 heteroatoms. The lowest BCUT2D eigenvalue weighted by molar-refractivity contribution is 0.313. The standard InChI is InChI=1S/C19H23NO2.C18H21NO3.2C18H21NO2.C17H19NO3.10C2H6/c1-12(2)10-14-7-8-15-6-4-5-9-20(16(15)11-14)17-13(3)18(21)19(17)22;1-11(2)9-13-5-6-15-14(10-13)19(7-4-8-22-15)16-12(3)17(20)18(16)21;1-11(2)8-13-4-5-14-6-7-19(10-15(14)9-13)16-12(3)17(20)18(16)21;1-11(2)9-13-6-7-14-5-4-8-19(15(14)10-13)16-12(3)17(20)18(16)21;1-10(2)8-12-4-5-14-13(9-12)18(6-7-21-14)15-11(3)16(19)17(15)20;10*1-2/h7-8,11-12H,4-6,9-10H2,1-3H3;5-6,10-11H,4,7-9H2,1-3H3;4-5,9,11H,6-8,10H2,1-3H3;6-7,10-11H,4-5,8-9H2,1-3H3;4-5,9-10H,6-8H2,1-3H3;10*1-2H3. The van der Waals surface area contributed by atoms with E-state index in [0.29, 0.717) is 112 Å². The molecule has 0 bridgehead atoms. The Morgan fingerprint density at radius 3 is 0.858 bits per heavy atom. The highest BCUT2D eigenvalue weighted by atomic mass is 16.5. The van der Waals surface area contributed by atoms with Crippen molar-refractivity contribution < 1.29 is 9.47 Å². The molecule has 15 rings (SSSR count). The van der Waals surface area contributed by atoms with Crippen LogP contribution in [0.3, 0.4) is 0 Å². The Balaban J connectivity index is 0.000000754. The normalized spacial score (nSPS) is 12.9. The Kier molecular flexibility index (Phi) is 53.1. The quantitative estimate of drug-likeness (QED) is 0.0875. The maximum absolute atomic E-state index is 12.0. The van der Waals surface area contributed by atoms with Crippen molar-refractivity contribution in [1.29, 1.82) is 0 Å². The lowest BCUT2D eigenvalue weighted by Gasteiger charge is -2.33. The van der Waals surface area contributed by atoms with Crippen LogP contribution in [0.25, 0.3) is 0 Å². The fraction of sp³-hybridized carbons (Fsp3) is 0.545. The van der Waals surface area contributed by atoms with Gasteiger partial charge in [0.1, 0.15) is 40.9 Å². The summed E-state index contributed by atoms with van der Waals surface area (Å²) in [6.07, 6.45) is 12.2. The molecular formula is C110H165N5O12. The van der Waals surface area contributed by atoms with E-state index in [1.165, 1.54) is 50.1 Å². The maximum atomic E-state index is 12.0. The van der Waals surface area contributed by atoms with Crippen molar-refractivity contribution in [2.45, 2.75) is 326 Å². The number of ether oxygens (including phenoxy) is 2. The Bertz CT molecular complexity index is 5060. The van der Waals surface area contributed by atoms with Gasteiger partial charge in [-0.3, -0.25) is 47.9 Å². The molecule has 0 aliphatic carbocycles. The highest BCUT2D eigenvalue weighted by Gasteiger charge is 2.33. The van der Waals surface area contributed by atoms with Crippen LogP contribution in [0.5, 0.6) is 11.5 Å². The molecule has 10 aromatic rings. The summed E-state index contributed by atoms with van der Waals surface area (Å²) in [6.45, 7) is 76.4. The summed E-state index contributed by atoms with van der Waals surface area (Å²) in [5.74, 6) is 4.54. The minimum atomic E-state index is -0.380. The van der Waals surface area contributed by atoms with Gasteiger partial charge < -0.3 is 34.0 Å². The van der Waals surface area contributed by atoms with E-state index in [1.807, 2.05) is 160 Å². The first-order valence-corrected chi connectivity index (χ1v) is 48.6. The van der Waals surface area contributed by atoms with Gasteiger partial charge in [0, 0.05) is 71.9 Å². The summed E-state index contributed by atoms with van der Waals surface area (Å²) in [6, 6.07) is 32.2. The number of aryl methyl sites for hydroxylation is 2. The van der Waals surface area contributed by atoms with Gasteiger partial charge in [0.05, 0.1) is 30.2 Å². The van der Waals surface area contributed by atoms with Gasteiger partial charge >= 0.3 is 0 Å². The van der Waals surface area contributed by atoms with E-state index >= 15 is 0 Å². The van der Waals surface area contributed by atoms with Crippen molar-refractivity contribution in [2.24, 2.45) is 29.6 Å². The first-order valence-electron chi connectivity index (χ1n) is 48.6. The summed E-state index contributed by atoms with van der Waals surface area (Å²) < 4.78 is 11.5. The van der Waals surface area contributed by atoms with Gasteiger partial charge in [0.25, 0.3) is 0 Å². The van der Waals surface area contributed by atoms with Crippen LogP contribution in [-0.4, -0.2) is 45.9 Å². The number of nitrogens with zero attached hydrogens (tertiary/aromatic N) is 5. The van der Waals surface area contributed by atoms with Crippen molar-refractivity contribution >= 4 is 51.2 Å². The Labute approximate surface area is 764 Å². The predicted octanol–water partition coefficient (Wildman–Crippen LogP) is 23.8. The maximum Gasteiger partial charge on any atom is 0.250 e. The lowest BCUT2D eigenvalue weighted by Crippen LogP contribution is -2.44. The minimum absolute atomic E-state index is 0.311. The van der Waals surface area contributed by atoms with Gasteiger partial charge in [-0.15, -0.1) is 0 Å². The third-order valence-corrected chi connectivity index (χ3v) is 21.3. The molecule has 5 aliphatic heterocycles. The monoisotopic (exact) mass is 1750 g/mol. The molecule has 0 aromatic heterocycles. The molecule has 0 saturated carbocycles. The number of anilines is 9. The highest BCUT2D eigenvalue weighted by molar-refractivity contribution is 5.77. The summed E-state index contributed by atoms with van der Waals surface area (Å²) in [5, 5.41) is 0. The molecule has 0 fully saturated rings. The Morgan fingerprint density at radius 2 is 0.520 bits per heavy atom. The van der Waals surface area contributed by atoms with Gasteiger partial charge in [-0.2, -0.15) is 0 Å². The number of fused-ring (bicyclic) bond motifs is 5. The molecule has 5 aliphatic rings. The average Bonchev–Trinajstić information content (AvgIpc) is 1.50. The van der Waals surface area contributed by atoms with Gasteiger partial charge in [0.15, 0.2) is 0 Å². The van der Waals surface area contributed by atoms with Gasteiger partial charge in [-0.1, -0.05) is 262 Å². The zero-order valence-corrected chi connectivity index (χ0v) is 85.3. The van der Waals surface area contributed by atoms with Crippen molar-refractivity contribution in [3.05, 3.63) is 271 Å². The second-order valence-corrected chi connectivity index (χ2v) is 32.2. The number of hydrogen-bond donors (Lipinski definition) is 0. The molecule has 17 nitrogen and oxygen atoms in total. The van der Waals surface area contributed by atoms with Crippen molar-refractivity contribution in [2.75, 3.05) is 70.4 Å². The SMILES string of the molecule is CC.CC.CC.CC.CC.CC.CC.CC.CC.CC.Cc1c(N2CCCCc3ccc(CC(C)C)cc32)c(=O)c1=O.Cc1c(N2CCCOc3ccc(CC(C)C)cc32)c(=O)c1=O.Cc1c(N2CCCc3ccc(CC(C)C)cc32)c(=O)c1=O.Cc1c(N2CCOc3ccc(CC(C)C)cc32)c(=O)c1=O.Cc1c(N2CCc3ccc(CC(C)C)cc3C2)c(=O)c1=O. The van der Waals surface area contributed by atoms with E-state index in [2.05, 4.69) is 163 Å². The fourth-order valence-corrected chi connectivity index (χ4v) is 16.0. The zero-order chi connectivity index (χ0) is 97.1. The second-order valence-electron chi connectivity index (χ2n) is 32.2. The fourth-order valence-electron chi connectivity index (χ4n) is 16.0. The summed E-state index contributed by atoms with van der Waals surface area (Å²) >= 11 is 0. The Hall–Kier alpha value is -9.90. The molecule has 127 heavy (non-hydrogen) atoms. The highest BCUT2D eigenvalue weighted by Crippen LogP contribution is 2.41. The second kappa shape index (κ2) is 58.5. The summed E-state index contributed by atoms with van der Waals surface area (Å²) in [4.78, 5) is 127. The van der Waals surface area contributed by atoms with Gasteiger partial charge in [-0.05, 0) is 228 Å². The topological polar surface area (TPSA) is 205 Å². The van der Waals surface area contributed by atoms with Crippen molar-refractivity contribution in [3.8, 4) is 11.5 Å². The molecule has 0 saturated heterocycles. The lowest BCUT2D eigenvalue weighted by atomic mass is 9.93. The molecule has 5 heterocycles. The van der Waals surface area contributed by atoms with E-state index in [9.17, 15) is 47.9 Å². The average molecular weight is 1750 g/mol. The van der Waals surface area contributed by atoms with Crippen LogP contribution in [0.2, 0.25) is 0 Å². The molecule has 0 amide bonds. The minimum Gasteiger partial charge on any atom is -0.491 e. The molecule has 702 valence electrons. The third kappa shape index (κ3) is 29.6. The van der Waals surface area contributed by atoms with E-state index in [4.69, 9.17) is 9.47 Å². The number of benzene rings is 5. The molecule has 0 radical (unpaired) electrons. The van der Waals surface area contributed by atoms with Crippen LogP contribution < -0.4 is 88.3 Å². The van der Waals surface area contributed by atoms with Crippen LogP contribution in [0, 0.1) is 64.2 Å². The molecule has 0 atom stereocenters. The molecule has 0 spiro atoms. The molecule has 0 unspecified atom stereocenters. The first kappa shape index (κ1) is 115. The van der Waals surface area contributed by atoms with Crippen LogP contribution in [-0.2, 0) is 57.9 Å². The zero-order valence-electron chi connectivity index (χ0n) is 85.3. The van der Waals surface area contributed by atoms with E-state index in [0.717, 1.165) is 137 Å². The van der Waals surface area contributed by atoms with Crippen LogP contribution in [0.15, 0.2) is 139 Å². The number of rotatable bonds is 15. The predicted molar refractivity (Wildman–Crippen MR) is 548 cm³/mol. The van der Waals surface area contributed by atoms with Crippen molar-refractivity contribution in [1.82, 2.24) is 0 Å². The molecule has 0 N–H and O–H groups in total. The Morgan fingerprint density at radius 1 is 0.252 bits per heavy atom. The molecular weight excluding hydrogens is 1580 g/mol. The van der Waals surface area contributed by atoms with Crippen molar-refractivity contribution in [3.63, 3.8) is 0 Å². The van der Waals surface area contributed by atoms with E-state index < -0.39 is 0 Å². The van der Waals surface area contributed by atoms with Crippen LogP contribution in [0.4, 0.5) is 51.2 Å². The van der Waals surface area contributed by atoms with Gasteiger partial charge in [-0.25, -0.2) is 0 Å². The summed E-state index contributed by atoms with van der Waals surface area (Å²) in [7, 11) is 0. The molecule has 10 aromatic carbocycles. The van der Waals surface area contributed by atoms with Gasteiger partial charge in [0.2, 0.25) is 54.3 Å². The smallest absolute Gasteiger partial charge is 0.250 e. The largest absolute Gasteiger partial charge is 0.491 e. The summed E-state index contributed by atoms with van der Waals surface area (Å²) in [5.41, 5.74) is 18.2.